The van der Waals surface area contributed by atoms with Crippen LogP contribution < -0.4 is 10.6 Å². The molecule has 0 bridgehead atoms. The van der Waals surface area contributed by atoms with Gasteiger partial charge in [0.25, 0.3) is 0 Å². The van der Waals surface area contributed by atoms with Crippen LogP contribution in [0.5, 0.6) is 0 Å². The van der Waals surface area contributed by atoms with Crippen molar-refractivity contribution < 1.29 is 4.79 Å². The minimum absolute atomic E-state index is 0.106. The monoisotopic (exact) mass is 247 g/mol. The summed E-state index contributed by atoms with van der Waals surface area (Å²) < 4.78 is 0. The van der Waals surface area contributed by atoms with Gasteiger partial charge in [0.1, 0.15) is 0 Å². The van der Waals surface area contributed by atoms with Gasteiger partial charge in [-0.3, -0.25) is 9.69 Å². The molecule has 0 aromatic heterocycles. The second-order valence-corrected chi connectivity index (χ2v) is 4.85. The Bertz CT molecular complexity index is 413. The lowest BCUT2D eigenvalue weighted by Crippen LogP contribution is -2.40. The summed E-state index contributed by atoms with van der Waals surface area (Å²) in [5.74, 6) is 0.106. The zero-order chi connectivity index (χ0) is 13.0. The van der Waals surface area contributed by atoms with E-state index >= 15 is 0 Å². The molecule has 0 radical (unpaired) electrons. The van der Waals surface area contributed by atoms with E-state index in [1.54, 1.807) is 11.9 Å². The first-order chi connectivity index (χ1) is 8.68. The second-order valence-electron chi connectivity index (χ2n) is 4.85. The molecule has 4 nitrogen and oxygen atoms in total. The summed E-state index contributed by atoms with van der Waals surface area (Å²) >= 11 is 0. The molecule has 0 atom stereocenters. The first-order valence-corrected chi connectivity index (χ1v) is 6.52. The number of likely N-dealkylation sites (N-methyl/N-ethyl adjacent to an activating group) is 1. The van der Waals surface area contributed by atoms with Gasteiger partial charge in [-0.1, -0.05) is 18.6 Å². The van der Waals surface area contributed by atoms with E-state index in [1.807, 2.05) is 24.3 Å². The summed E-state index contributed by atoms with van der Waals surface area (Å²) in [4.78, 5) is 16.1. The molecule has 1 aliphatic heterocycles. The minimum Gasteiger partial charge on any atom is -0.397 e. The number of anilines is 2. The number of nitrogens with zero attached hydrogens (tertiary/aromatic N) is 2. The molecule has 0 saturated carbocycles. The van der Waals surface area contributed by atoms with E-state index < -0.39 is 0 Å². The lowest BCUT2D eigenvalue weighted by Gasteiger charge is -2.28. The van der Waals surface area contributed by atoms with Crippen molar-refractivity contribution in [1.82, 2.24) is 4.90 Å². The number of rotatable bonds is 3. The number of hydrogen-bond acceptors (Lipinski definition) is 3. The summed E-state index contributed by atoms with van der Waals surface area (Å²) in [6.07, 6.45) is 3.68. The van der Waals surface area contributed by atoms with Crippen molar-refractivity contribution >= 4 is 17.3 Å². The standard InChI is InChI=1S/C14H21N3O/c1-16(13-8-4-3-7-12(13)15)14(18)11-17-9-5-2-6-10-17/h3-4,7-8H,2,5-6,9-11,15H2,1H3. The number of nitrogens with two attached hydrogens (primary N) is 1. The molecule has 2 rings (SSSR count). The maximum Gasteiger partial charge on any atom is 0.240 e. The Balaban J connectivity index is 1.98. The number of amides is 1. The van der Waals surface area contributed by atoms with E-state index in [0.29, 0.717) is 12.2 Å². The molecule has 0 aliphatic carbocycles. The first-order valence-electron chi connectivity index (χ1n) is 6.52. The quantitative estimate of drug-likeness (QED) is 0.827. The molecule has 0 unspecified atom stereocenters. The van der Waals surface area contributed by atoms with Crippen molar-refractivity contribution in [2.24, 2.45) is 0 Å². The van der Waals surface area contributed by atoms with E-state index in [4.69, 9.17) is 5.73 Å². The van der Waals surface area contributed by atoms with Crippen LogP contribution in [-0.2, 0) is 4.79 Å². The van der Waals surface area contributed by atoms with Crippen molar-refractivity contribution in [3.05, 3.63) is 24.3 Å². The van der Waals surface area contributed by atoms with Crippen molar-refractivity contribution in [2.75, 3.05) is 37.3 Å². The Morgan fingerprint density at radius 2 is 1.94 bits per heavy atom. The topological polar surface area (TPSA) is 49.6 Å². The predicted octanol–water partition coefficient (Wildman–Crippen LogP) is 1.72. The average Bonchev–Trinajstić information content (AvgIpc) is 2.39. The molecule has 1 saturated heterocycles. The molecule has 1 heterocycles. The molecule has 18 heavy (non-hydrogen) atoms. The summed E-state index contributed by atoms with van der Waals surface area (Å²) in [6.45, 7) is 2.55. The van der Waals surface area contributed by atoms with E-state index in [1.165, 1.54) is 19.3 Å². The van der Waals surface area contributed by atoms with Gasteiger partial charge in [-0.15, -0.1) is 0 Å². The number of nitrogen functional groups attached to an aromatic ring is 1. The number of hydrogen-bond donors (Lipinski definition) is 1. The number of para-hydroxylation sites is 2. The number of likely N-dealkylation sites (tertiary alicyclic amines) is 1. The fraction of sp³-hybridized carbons (Fsp3) is 0.500. The normalized spacial score (nSPS) is 16.5. The van der Waals surface area contributed by atoms with Gasteiger partial charge in [0.15, 0.2) is 0 Å². The van der Waals surface area contributed by atoms with Gasteiger partial charge in [-0.25, -0.2) is 0 Å². The predicted molar refractivity (Wildman–Crippen MR) is 74.6 cm³/mol. The third-order valence-corrected chi connectivity index (χ3v) is 3.48. The SMILES string of the molecule is CN(C(=O)CN1CCCCC1)c1ccccc1N. The van der Waals surface area contributed by atoms with Gasteiger partial charge in [0.05, 0.1) is 17.9 Å². The van der Waals surface area contributed by atoms with Crippen LogP contribution in [0.1, 0.15) is 19.3 Å². The van der Waals surface area contributed by atoms with Gasteiger partial charge in [-0.2, -0.15) is 0 Å². The molecule has 1 aromatic carbocycles. The highest BCUT2D eigenvalue weighted by atomic mass is 16.2. The highest BCUT2D eigenvalue weighted by Crippen LogP contribution is 2.21. The second kappa shape index (κ2) is 5.87. The third kappa shape index (κ3) is 3.01. The number of carbonyl (C=O) groups is 1. The van der Waals surface area contributed by atoms with Crippen LogP contribution in [-0.4, -0.2) is 37.5 Å². The fourth-order valence-electron chi connectivity index (χ4n) is 2.34. The Morgan fingerprint density at radius 1 is 1.28 bits per heavy atom. The molecular weight excluding hydrogens is 226 g/mol. The van der Waals surface area contributed by atoms with E-state index in [0.717, 1.165) is 18.8 Å². The van der Waals surface area contributed by atoms with Crippen molar-refractivity contribution in [3.8, 4) is 0 Å². The maximum absolute atomic E-state index is 12.2. The van der Waals surface area contributed by atoms with Crippen LogP contribution in [0.4, 0.5) is 11.4 Å². The molecule has 1 aromatic rings. The number of carbonyl (C=O) groups excluding carboxylic acids is 1. The summed E-state index contributed by atoms with van der Waals surface area (Å²) in [5.41, 5.74) is 7.32. The molecule has 1 amide bonds. The number of benzene rings is 1. The Morgan fingerprint density at radius 3 is 2.61 bits per heavy atom. The maximum atomic E-state index is 12.2. The molecule has 2 N–H and O–H groups in total. The van der Waals surface area contributed by atoms with E-state index in [2.05, 4.69) is 4.90 Å². The van der Waals surface area contributed by atoms with Crippen LogP contribution in [0.3, 0.4) is 0 Å². The Labute approximate surface area is 108 Å². The van der Waals surface area contributed by atoms with Crippen molar-refractivity contribution in [2.45, 2.75) is 19.3 Å². The van der Waals surface area contributed by atoms with Crippen LogP contribution in [0, 0.1) is 0 Å². The van der Waals surface area contributed by atoms with Gasteiger partial charge >= 0.3 is 0 Å². The van der Waals surface area contributed by atoms with Crippen molar-refractivity contribution in [3.63, 3.8) is 0 Å². The van der Waals surface area contributed by atoms with Gasteiger partial charge in [0, 0.05) is 7.05 Å². The van der Waals surface area contributed by atoms with Crippen LogP contribution in [0.25, 0.3) is 0 Å². The van der Waals surface area contributed by atoms with E-state index in [-0.39, 0.29) is 5.91 Å². The lowest BCUT2D eigenvalue weighted by atomic mass is 10.1. The number of piperidine rings is 1. The van der Waals surface area contributed by atoms with Gasteiger partial charge < -0.3 is 10.6 Å². The average molecular weight is 247 g/mol. The fourth-order valence-corrected chi connectivity index (χ4v) is 2.34. The molecule has 98 valence electrons. The largest absolute Gasteiger partial charge is 0.397 e. The zero-order valence-electron chi connectivity index (χ0n) is 10.9. The van der Waals surface area contributed by atoms with Crippen molar-refractivity contribution in [1.29, 1.82) is 0 Å². The van der Waals surface area contributed by atoms with Crippen LogP contribution in [0.2, 0.25) is 0 Å². The molecular formula is C14H21N3O. The molecule has 4 heteroatoms. The molecule has 0 spiro atoms. The smallest absolute Gasteiger partial charge is 0.240 e. The Hall–Kier alpha value is -1.55. The van der Waals surface area contributed by atoms with E-state index in [9.17, 15) is 4.79 Å². The summed E-state index contributed by atoms with van der Waals surface area (Å²) in [5, 5.41) is 0. The zero-order valence-corrected chi connectivity index (χ0v) is 10.9. The van der Waals surface area contributed by atoms with Crippen LogP contribution >= 0.6 is 0 Å². The van der Waals surface area contributed by atoms with Crippen LogP contribution in [0.15, 0.2) is 24.3 Å². The van der Waals surface area contributed by atoms with Gasteiger partial charge in [0.2, 0.25) is 5.91 Å². The third-order valence-electron chi connectivity index (χ3n) is 3.48. The lowest BCUT2D eigenvalue weighted by molar-refractivity contribution is -0.119. The summed E-state index contributed by atoms with van der Waals surface area (Å²) in [7, 11) is 1.79. The van der Waals surface area contributed by atoms with Gasteiger partial charge in [-0.05, 0) is 38.1 Å². The first kappa shape index (κ1) is 12.9. The minimum atomic E-state index is 0.106. The highest BCUT2D eigenvalue weighted by molar-refractivity contribution is 5.96. The molecule has 1 aliphatic rings. The molecule has 1 fully saturated rings. The summed E-state index contributed by atoms with van der Waals surface area (Å²) in [6, 6.07) is 7.47. The highest BCUT2D eigenvalue weighted by Gasteiger charge is 2.18. The Kier molecular flexibility index (Phi) is 4.20.